The summed E-state index contributed by atoms with van der Waals surface area (Å²) in [4.78, 5) is -0.0146. The lowest BCUT2D eigenvalue weighted by molar-refractivity contribution is -0.0905. The third-order valence-corrected chi connectivity index (χ3v) is 4.81. The highest BCUT2D eigenvalue weighted by Gasteiger charge is 2.43. The molecule has 2 aliphatic heterocycles. The summed E-state index contributed by atoms with van der Waals surface area (Å²) in [6.45, 7) is 2.97. The molecule has 0 bridgehead atoms. The first kappa shape index (κ1) is 13.1. The Labute approximate surface area is 112 Å². The maximum absolute atomic E-state index is 11.5. The lowest BCUT2D eigenvalue weighted by Crippen LogP contribution is -2.16. The standard InChI is InChI=1S/C13H16O5S/c1-8-2-3-12(19(14,15)16)10(6-8)11-7-18-13-9(11)4-5-17-13/h2-3,6,9,11,13H,4-5,7H2,1H3,(H,14,15,16)/t9-,11+,13+/m0/s1. The van der Waals surface area contributed by atoms with E-state index in [1.54, 1.807) is 6.07 Å². The van der Waals surface area contributed by atoms with Gasteiger partial charge < -0.3 is 9.47 Å². The molecule has 2 heterocycles. The summed E-state index contributed by atoms with van der Waals surface area (Å²) in [7, 11) is -4.21. The van der Waals surface area contributed by atoms with E-state index in [1.165, 1.54) is 6.07 Å². The van der Waals surface area contributed by atoms with Crippen molar-refractivity contribution in [3.05, 3.63) is 29.3 Å². The Bertz CT molecular complexity index is 595. The fraction of sp³-hybridized carbons (Fsp3) is 0.538. The summed E-state index contributed by atoms with van der Waals surface area (Å²) < 4.78 is 43.4. The first-order valence-electron chi connectivity index (χ1n) is 6.28. The molecule has 5 nitrogen and oxygen atoms in total. The molecule has 0 radical (unpaired) electrons. The molecule has 3 rings (SSSR count). The number of ether oxygens (including phenoxy) is 2. The summed E-state index contributed by atoms with van der Waals surface area (Å²) in [5, 5.41) is 0. The van der Waals surface area contributed by atoms with Crippen LogP contribution in [-0.4, -0.2) is 32.5 Å². The van der Waals surface area contributed by atoms with E-state index in [2.05, 4.69) is 0 Å². The maximum Gasteiger partial charge on any atom is 0.294 e. The number of aryl methyl sites for hydroxylation is 1. The van der Waals surface area contributed by atoms with Crippen molar-refractivity contribution in [3.63, 3.8) is 0 Å². The predicted octanol–water partition coefficient (Wildman–Crippen LogP) is 1.72. The normalized spacial score (nSPS) is 30.5. The molecular weight excluding hydrogens is 268 g/mol. The van der Waals surface area contributed by atoms with Crippen molar-refractivity contribution >= 4 is 10.1 Å². The van der Waals surface area contributed by atoms with E-state index in [-0.39, 0.29) is 23.0 Å². The van der Waals surface area contributed by atoms with Crippen LogP contribution >= 0.6 is 0 Å². The molecule has 6 heteroatoms. The molecule has 0 saturated carbocycles. The van der Waals surface area contributed by atoms with Gasteiger partial charge in [-0.3, -0.25) is 4.55 Å². The van der Waals surface area contributed by atoms with Crippen LogP contribution in [0.15, 0.2) is 23.1 Å². The van der Waals surface area contributed by atoms with Crippen molar-refractivity contribution < 1.29 is 22.4 Å². The summed E-state index contributed by atoms with van der Waals surface area (Å²) in [5.74, 6) is 0.131. The van der Waals surface area contributed by atoms with Crippen LogP contribution in [-0.2, 0) is 19.6 Å². The summed E-state index contributed by atoms with van der Waals surface area (Å²) >= 11 is 0. The minimum absolute atomic E-state index is 0.0146. The topological polar surface area (TPSA) is 72.8 Å². The first-order chi connectivity index (χ1) is 8.97. The van der Waals surface area contributed by atoms with Gasteiger partial charge in [0.2, 0.25) is 0 Å². The minimum Gasteiger partial charge on any atom is -0.352 e. The number of fused-ring (bicyclic) bond motifs is 1. The largest absolute Gasteiger partial charge is 0.352 e. The van der Waals surface area contributed by atoms with Crippen molar-refractivity contribution in [2.45, 2.75) is 30.4 Å². The van der Waals surface area contributed by atoms with Crippen molar-refractivity contribution in [1.29, 1.82) is 0 Å². The van der Waals surface area contributed by atoms with Crippen LogP contribution in [0.3, 0.4) is 0 Å². The van der Waals surface area contributed by atoms with E-state index in [4.69, 9.17) is 9.47 Å². The van der Waals surface area contributed by atoms with Crippen LogP contribution in [0.2, 0.25) is 0 Å². The van der Waals surface area contributed by atoms with E-state index in [0.29, 0.717) is 18.8 Å². The molecular formula is C13H16O5S. The molecule has 0 spiro atoms. The zero-order chi connectivity index (χ0) is 13.6. The Morgan fingerprint density at radius 2 is 2.11 bits per heavy atom. The molecule has 104 valence electrons. The van der Waals surface area contributed by atoms with E-state index >= 15 is 0 Å². The minimum atomic E-state index is -4.21. The van der Waals surface area contributed by atoms with Gasteiger partial charge in [-0.15, -0.1) is 0 Å². The second-order valence-electron chi connectivity index (χ2n) is 5.15. The molecule has 1 N–H and O–H groups in total. The Morgan fingerprint density at radius 1 is 1.32 bits per heavy atom. The van der Waals surface area contributed by atoms with Gasteiger partial charge in [-0.05, 0) is 25.0 Å². The second kappa shape index (κ2) is 4.56. The quantitative estimate of drug-likeness (QED) is 0.837. The fourth-order valence-electron chi connectivity index (χ4n) is 2.98. The van der Waals surface area contributed by atoms with Gasteiger partial charge in [0.25, 0.3) is 10.1 Å². The second-order valence-corrected chi connectivity index (χ2v) is 6.54. The van der Waals surface area contributed by atoms with Crippen LogP contribution < -0.4 is 0 Å². The highest BCUT2D eigenvalue weighted by Crippen LogP contribution is 2.43. The van der Waals surface area contributed by atoms with Crippen molar-refractivity contribution in [2.24, 2.45) is 5.92 Å². The van der Waals surface area contributed by atoms with E-state index in [1.807, 2.05) is 13.0 Å². The molecule has 3 atom stereocenters. The smallest absolute Gasteiger partial charge is 0.294 e. The molecule has 0 amide bonds. The SMILES string of the molecule is Cc1ccc(S(=O)(=O)O)c([C@@H]2CO[C@H]3OCC[C@H]32)c1. The highest BCUT2D eigenvalue weighted by molar-refractivity contribution is 7.85. The number of benzene rings is 1. The zero-order valence-electron chi connectivity index (χ0n) is 10.6. The lowest BCUT2D eigenvalue weighted by Gasteiger charge is -2.18. The molecule has 19 heavy (non-hydrogen) atoms. The average molecular weight is 284 g/mol. The van der Waals surface area contributed by atoms with Crippen LogP contribution in [0.1, 0.15) is 23.5 Å². The van der Waals surface area contributed by atoms with Gasteiger partial charge in [-0.1, -0.05) is 17.7 Å². The van der Waals surface area contributed by atoms with Gasteiger partial charge in [-0.25, -0.2) is 0 Å². The van der Waals surface area contributed by atoms with Crippen molar-refractivity contribution in [3.8, 4) is 0 Å². The van der Waals surface area contributed by atoms with Gasteiger partial charge in [-0.2, -0.15) is 8.42 Å². The van der Waals surface area contributed by atoms with E-state index in [0.717, 1.165) is 12.0 Å². The van der Waals surface area contributed by atoms with Gasteiger partial charge in [0.05, 0.1) is 18.1 Å². The number of rotatable bonds is 2. The van der Waals surface area contributed by atoms with Crippen LogP contribution in [0.5, 0.6) is 0 Å². The van der Waals surface area contributed by atoms with E-state index in [9.17, 15) is 13.0 Å². The molecule has 0 aromatic heterocycles. The Balaban J connectivity index is 2.07. The molecule has 2 saturated heterocycles. The highest BCUT2D eigenvalue weighted by atomic mass is 32.2. The van der Waals surface area contributed by atoms with E-state index < -0.39 is 10.1 Å². The molecule has 1 aromatic rings. The molecule has 0 unspecified atom stereocenters. The fourth-order valence-corrected chi connectivity index (χ4v) is 3.73. The summed E-state index contributed by atoms with van der Waals surface area (Å²) in [6.07, 6.45) is 0.619. The lowest BCUT2D eigenvalue weighted by atomic mass is 9.86. The maximum atomic E-state index is 11.5. The number of hydrogen-bond acceptors (Lipinski definition) is 4. The molecule has 2 aliphatic rings. The van der Waals surface area contributed by atoms with Crippen LogP contribution in [0.25, 0.3) is 0 Å². The Kier molecular flexibility index (Phi) is 3.13. The monoisotopic (exact) mass is 284 g/mol. The van der Waals surface area contributed by atoms with Crippen LogP contribution in [0.4, 0.5) is 0 Å². The molecule has 2 fully saturated rings. The predicted molar refractivity (Wildman–Crippen MR) is 67.5 cm³/mol. The van der Waals surface area contributed by atoms with Crippen molar-refractivity contribution in [1.82, 2.24) is 0 Å². The van der Waals surface area contributed by atoms with Gasteiger partial charge in [0.1, 0.15) is 0 Å². The third kappa shape index (κ3) is 2.29. The third-order valence-electron chi connectivity index (χ3n) is 3.88. The first-order valence-corrected chi connectivity index (χ1v) is 7.72. The van der Waals surface area contributed by atoms with Gasteiger partial charge in [0.15, 0.2) is 6.29 Å². The Morgan fingerprint density at radius 3 is 2.84 bits per heavy atom. The Hall–Kier alpha value is -0.950. The summed E-state index contributed by atoms with van der Waals surface area (Å²) in [6, 6.07) is 4.96. The van der Waals surface area contributed by atoms with Crippen LogP contribution in [0, 0.1) is 12.8 Å². The number of hydrogen-bond donors (Lipinski definition) is 1. The van der Waals surface area contributed by atoms with Gasteiger partial charge in [0, 0.05) is 11.8 Å². The zero-order valence-corrected chi connectivity index (χ0v) is 11.4. The molecule has 0 aliphatic carbocycles. The summed E-state index contributed by atoms with van der Waals surface area (Å²) in [5.41, 5.74) is 1.60. The van der Waals surface area contributed by atoms with Gasteiger partial charge >= 0.3 is 0 Å². The molecule has 1 aromatic carbocycles. The average Bonchev–Trinajstić information content (AvgIpc) is 2.88. The van der Waals surface area contributed by atoms with Crippen molar-refractivity contribution in [2.75, 3.05) is 13.2 Å².